The molecule has 3 aliphatic carbocycles. The Bertz CT molecular complexity index is 1260. The minimum atomic E-state index is -0.959. The third-order valence-corrected chi connectivity index (χ3v) is 9.38. The Balaban J connectivity index is 1.29. The van der Waals surface area contributed by atoms with E-state index in [2.05, 4.69) is 16.7 Å². The van der Waals surface area contributed by atoms with Gasteiger partial charge in [-0.3, -0.25) is 9.69 Å². The smallest absolute Gasteiger partial charge is 0.298 e. The van der Waals surface area contributed by atoms with Crippen molar-refractivity contribution in [1.29, 1.82) is 0 Å². The molecule has 182 valence electrons. The van der Waals surface area contributed by atoms with E-state index in [4.69, 9.17) is 9.15 Å². The molecule has 7 heteroatoms. The first-order chi connectivity index (χ1) is 16.9. The van der Waals surface area contributed by atoms with Gasteiger partial charge in [-0.15, -0.1) is 0 Å². The molecule has 3 heterocycles. The lowest BCUT2D eigenvalue weighted by atomic mass is 9.48. The molecule has 7 rings (SSSR count). The van der Waals surface area contributed by atoms with Crippen LogP contribution in [-0.2, 0) is 16.6 Å². The maximum Gasteiger partial charge on any atom is 0.298 e. The van der Waals surface area contributed by atoms with Crippen molar-refractivity contribution in [2.75, 3.05) is 20.1 Å². The van der Waals surface area contributed by atoms with E-state index in [9.17, 15) is 15.0 Å². The molecule has 1 amide bonds. The van der Waals surface area contributed by atoms with Gasteiger partial charge in [0.1, 0.15) is 12.4 Å². The lowest BCUT2D eigenvalue weighted by Crippen LogP contribution is -2.78. The fraction of sp³-hybridized carbons (Fsp3) is 0.536. The predicted octanol–water partition coefficient (Wildman–Crippen LogP) is 2.43. The number of phenolic OH excluding ortho intramolecular Hbond substituents is 1. The third kappa shape index (κ3) is 2.84. The van der Waals surface area contributed by atoms with Crippen LogP contribution in [0.1, 0.15) is 48.8 Å². The number of phenols is 1. The minimum Gasteiger partial charge on any atom is -0.504 e. The summed E-state index contributed by atoms with van der Waals surface area (Å²) in [5.41, 5.74) is 1.18. The molecule has 7 nitrogen and oxygen atoms in total. The zero-order valence-electron chi connectivity index (χ0n) is 19.9. The average Bonchev–Trinajstić information content (AvgIpc) is 3.36. The maximum atomic E-state index is 13.1. The van der Waals surface area contributed by atoms with Gasteiger partial charge in [-0.25, -0.2) is 0 Å². The van der Waals surface area contributed by atoms with E-state index >= 15 is 0 Å². The summed E-state index contributed by atoms with van der Waals surface area (Å²) in [5, 5.41) is 23.3. The van der Waals surface area contributed by atoms with Crippen LogP contribution in [0.15, 0.2) is 35.1 Å². The summed E-state index contributed by atoms with van der Waals surface area (Å²) in [6, 6.07) is 5.21. The monoisotopic (exact) mass is 474 g/mol. The van der Waals surface area contributed by atoms with Gasteiger partial charge < -0.3 is 24.3 Å². The van der Waals surface area contributed by atoms with Gasteiger partial charge in [-0.05, 0) is 68.7 Å². The summed E-state index contributed by atoms with van der Waals surface area (Å²) in [4.78, 5) is 17.3. The Hall–Kier alpha value is -2.95. The van der Waals surface area contributed by atoms with Crippen molar-refractivity contribution in [1.82, 2.24) is 9.80 Å². The highest BCUT2D eigenvalue weighted by Gasteiger charge is 2.73. The van der Waals surface area contributed by atoms with Gasteiger partial charge in [0.05, 0.1) is 28.9 Å². The van der Waals surface area contributed by atoms with E-state index in [0.717, 1.165) is 43.0 Å². The van der Waals surface area contributed by atoms with Crippen molar-refractivity contribution in [3.63, 3.8) is 0 Å². The van der Waals surface area contributed by atoms with Crippen molar-refractivity contribution in [3.05, 3.63) is 47.4 Å². The molecule has 5 aliphatic rings. The topological polar surface area (TPSA) is 86.4 Å². The van der Waals surface area contributed by atoms with Crippen molar-refractivity contribution >= 4 is 5.91 Å². The van der Waals surface area contributed by atoms with Crippen LogP contribution in [0.25, 0.3) is 0 Å². The Morgan fingerprint density at radius 3 is 2.89 bits per heavy atom. The number of carbonyl (C=O) groups excluding carboxylic acids is 1. The quantitative estimate of drug-likeness (QED) is 0.665. The van der Waals surface area contributed by atoms with Crippen LogP contribution in [-0.4, -0.2) is 69.8 Å². The van der Waals surface area contributed by atoms with Crippen LogP contribution in [0.5, 0.6) is 11.5 Å². The summed E-state index contributed by atoms with van der Waals surface area (Å²) in [6.45, 7) is 1.93. The molecule has 1 spiro atoms. The molecule has 2 bridgehead atoms. The van der Waals surface area contributed by atoms with E-state index in [-0.39, 0.29) is 23.7 Å². The molecule has 35 heavy (non-hydrogen) atoms. The zero-order valence-corrected chi connectivity index (χ0v) is 19.9. The number of piperidine rings is 1. The molecule has 2 aliphatic heterocycles. The summed E-state index contributed by atoms with van der Waals surface area (Å²) in [5.74, 6) is 6.66. The number of furan rings is 1. The highest BCUT2D eigenvalue weighted by atomic mass is 16.5. The first-order valence-electron chi connectivity index (χ1n) is 12.7. The summed E-state index contributed by atoms with van der Waals surface area (Å²) < 4.78 is 11.6. The van der Waals surface area contributed by atoms with Gasteiger partial charge >= 0.3 is 0 Å². The number of ether oxygens (including phenoxy) is 1. The molecule has 1 saturated heterocycles. The van der Waals surface area contributed by atoms with Crippen LogP contribution in [0.2, 0.25) is 0 Å². The van der Waals surface area contributed by atoms with Crippen molar-refractivity contribution in [3.8, 4) is 23.3 Å². The lowest BCUT2D eigenvalue weighted by Gasteiger charge is -2.64. The lowest BCUT2D eigenvalue weighted by molar-refractivity contribution is -0.199. The van der Waals surface area contributed by atoms with Crippen LogP contribution in [0.4, 0.5) is 0 Å². The second-order valence-electron chi connectivity index (χ2n) is 11.1. The first-order valence-corrected chi connectivity index (χ1v) is 12.7. The zero-order chi connectivity index (χ0) is 23.9. The van der Waals surface area contributed by atoms with Crippen LogP contribution in [0, 0.1) is 17.8 Å². The van der Waals surface area contributed by atoms with Gasteiger partial charge in [0.2, 0.25) is 0 Å². The summed E-state index contributed by atoms with van der Waals surface area (Å²) >= 11 is 0. The average molecular weight is 475 g/mol. The fourth-order valence-corrected chi connectivity index (χ4v) is 7.55. The van der Waals surface area contributed by atoms with Gasteiger partial charge in [-0.1, -0.05) is 12.0 Å². The number of carbonyl (C=O) groups is 1. The van der Waals surface area contributed by atoms with Crippen LogP contribution >= 0.6 is 0 Å². The Labute approximate surface area is 204 Å². The van der Waals surface area contributed by atoms with Crippen molar-refractivity contribution < 1.29 is 24.2 Å². The van der Waals surface area contributed by atoms with Crippen molar-refractivity contribution in [2.45, 2.75) is 67.7 Å². The van der Waals surface area contributed by atoms with E-state index in [1.807, 2.05) is 6.07 Å². The summed E-state index contributed by atoms with van der Waals surface area (Å²) in [7, 11) is 1.77. The van der Waals surface area contributed by atoms with E-state index in [1.165, 1.54) is 25.4 Å². The van der Waals surface area contributed by atoms with Crippen LogP contribution < -0.4 is 4.74 Å². The standard InChI is InChI=1S/C28H30N2O5/c1-29(23(32)7-4-18-9-13-34-16-18)20-8-10-28(33)22-14-19-5-6-21(31)25-24(19)27(28,26(20)35-25)11-12-30(22)15-17-2-3-17/h5-6,9,13,16-17,20,22,26,31,33H,2-3,8,10-12,14-15H2,1H3/t20-,22-,26+,27+,28-/m1/s1. The molecule has 1 aromatic heterocycles. The number of hydrogen-bond acceptors (Lipinski definition) is 6. The maximum absolute atomic E-state index is 13.1. The van der Waals surface area contributed by atoms with Crippen molar-refractivity contribution in [2.24, 2.45) is 5.92 Å². The number of aromatic hydroxyl groups is 1. The number of rotatable bonds is 3. The predicted molar refractivity (Wildman–Crippen MR) is 127 cm³/mol. The molecule has 0 radical (unpaired) electrons. The Morgan fingerprint density at radius 2 is 2.11 bits per heavy atom. The third-order valence-electron chi connectivity index (χ3n) is 9.38. The van der Waals surface area contributed by atoms with Gasteiger partial charge in [0, 0.05) is 31.1 Å². The van der Waals surface area contributed by atoms with E-state index in [0.29, 0.717) is 24.2 Å². The Kier molecular flexibility index (Phi) is 4.44. The molecular weight excluding hydrogens is 444 g/mol. The molecule has 5 atom stereocenters. The summed E-state index contributed by atoms with van der Waals surface area (Å²) in [6.07, 6.45) is 7.89. The highest BCUT2D eigenvalue weighted by Crippen LogP contribution is 2.66. The molecule has 2 N–H and O–H groups in total. The molecule has 0 unspecified atom stereocenters. The molecule has 3 fully saturated rings. The van der Waals surface area contributed by atoms with E-state index in [1.54, 1.807) is 24.1 Å². The number of benzene rings is 1. The number of aliphatic hydroxyl groups is 1. The minimum absolute atomic E-state index is 0.0220. The number of hydrogen-bond donors (Lipinski definition) is 2. The highest BCUT2D eigenvalue weighted by molar-refractivity contribution is 5.94. The number of amides is 1. The second kappa shape index (κ2) is 7.28. The fourth-order valence-electron chi connectivity index (χ4n) is 7.55. The SMILES string of the molecule is CN(C(=O)C#Cc1ccoc1)[C@@H]1CC[C@@]2(O)[C@H]3Cc4ccc(O)c5c4[C@@]2(CCN3CC2CC2)[C@H]1O5. The van der Waals surface area contributed by atoms with Gasteiger partial charge in [0.25, 0.3) is 5.91 Å². The molecular formula is C28H30N2O5. The molecule has 2 aromatic rings. The number of nitrogens with zero attached hydrogens (tertiary/aromatic N) is 2. The first kappa shape index (κ1) is 21.3. The largest absolute Gasteiger partial charge is 0.504 e. The normalized spacial score (nSPS) is 34.4. The van der Waals surface area contributed by atoms with E-state index < -0.39 is 17.1 Å². The Morgan fingerprint density at radius 1 is 1.26 bits per heavy atom. The molecule has 2 saturated carbocycles. The number of likely N-dealkylation sites (N-methyl/N-ethyl adjacent to an activating group) is 1. The molecule has 1 aromatic carbocycles. The van der Waals surface area contributed by atoms with Gasteiger partial charge in [0.15, 0.2) is 11.5 Å². The second-order valence-corrected chi connectivity index (χ2v) is 11.1. The van der Waals surface area contributed by atoms with Gasteiger partial charge in [-0.2, -0.15) is 0 Å². The number of likely N-dealkylation sites (tertiary alicyclic amines) is 1. The van der Waals surface area contributed by atoms with Crippen LogP contribution in [0.3, 0.4) is 0 Å².